The highest BCUT2D eigenvalue weighted by Gasteiger charge is 1.92. The number of hydrogen-bond acceptors (Lipinski definition) is 1. The molecule has 0 aliphatic rings. The Bertz CT molecular complexity index is 475. The Morgan fingerprint density at radius 2 is 2.00 bits per heavy atom. The average Bonchev–Trinajstić information content (AvgIpc) is 2.05. The standard InChI is InChI=1S/C9H8BNO/c10-7-2-3-8-6(5-7)1-4-9(12)11-8/h1-5H,10H2,(H,11,12). The summed E-state index contributed by atoms with van der Waals surface area (Å²) in [5, 5.41) is 1.08. The summed E-state index contributed by atoms with van der Waals surface area (Å²) < 4.78 is 0. The van der Waals surface area contributed by atoms with Crippen molar-refractivity contribution in [3.05, 3.63) is 40.7 Å². The van der Waals surface area contributed by atoms with Gasteiger partial charge in [0.15, 0.2) is 0 Å². The van der Waals surface area contributed by atoms with E-state index < -0.39 is 0 Å². The second-order valence-corrected chi connectivity index (χ2v) is 2.91. The van der Waals surface area contributed by atoms with Gasteiger partial charge in [0.2, 0.25) is 5.56 Å². The van der Waals surface area contributed by atoms with Gasteiger partial charge in [0.1, 0.15) is 7.85 Å². The first kappa shape index (κ1) is 7.16. The van der Waals surface area contributed by atoms with Crippen molar-refractivity contribution < 1.29 is 0 Å². The van der Waals surface area contributed by atoms with E-state index in [2.05, 4.69) is 4.98 Å². The van der Waals surface area contributed by atoms with Crippen LogP contribution in [0.15, 0.2) is 35.1 Å². The third-order valence-electron chi connectivity index (χ3n) is 1.88. The molecule has 3 heteroatoms. The quantitative estimate of drug-likeness (QED) is 0.527. The predicted molar refractivity (Wildman–Crippen MR) is 52.7 cm³/mol. The first-order valence-electron chi connectivity index (χ1n) is 3.85. The summed E-state index contributed by atoms with van der Waals surface area (Å²) in [6.07, 6.45) is 0. The molecule has 2 nitrogen and oxygen atoms in total. The van der Waals surface area contributed by atoms with Gasteiger partial charge in [-0.25, -0.2) is 0 Å². The van der Waals surface area contributed by atoms with Gasteiger partial charge >= 0.3 is 0 Å². The van der Waals surface area contributed by atoms with Gasteiger partial charge in [-0.3, -0.25) is 4.79 Å². The Morgan fingerprint density at radius 1 is 1.17 bits per heavy atom. The molecule has 0 amide bonds. The van der Waals surface area contributed by atoms with Crippen LogP contribution in [0.4, 0.5) is 0 Å². The van der Waals surface area contributed by atoms with E-state index in [-0.39, 0.29) is 5.56 Å². The van der Waals surface area contributed by atoms with Crippen LogP contribution in [0.2, 0.25) is 0 Å². The number of benzene rings is 1. The van der Waals surface area contributed by atoms with Crippen LogP contribution in [0.5, 0.6) is 0 Å². The van der Waals surface area contributed by atoms with Crippen LogP contribution in [0.25, 0.3) is 10.9 Å². The summed E-state index contributed by atoms with van der Waals surface area (Å²) in [5.41, 5.74) is 2.05. The van der Waals surface area contributed by atoms with Crippen LogP contribution >= 0.6 is 0 Å². The van der Waals surface area contributed by atoms with Gasteiger partial charge in [-0.2, -0.15) is 0 Å². The summed E-state index contributed by atoms with van der Waals surface area (Å²) in [7, 11) is 2.03. The fourth-order valence-electron chi connectivity index (χ4n) is 1.27. The maximum atomic E-state index is 10.9. The average molecular weight is 157 g/mol. The van der Waals surface area contributed by atoms with Crippen molar-refractivity contribution in [2.75, 3.05) is 0 Å². The Morgan fingerprint density at radius 3 is 2.83 bits per heavy atom. The number of aromatic nitrogens is 1. The molecule has 0 atom stereocenters. The highest BCUT2D eigenvalue weighted by molar-refractivity contribution is 6.33. The molecule has 0 bridgehead atoms. The second-order valence-electron chi connectivity index (χ2n) is 2.91. The summed E-state index contributed by atoms with van der Waals surface area (Å²) in [6.45, 7) is 0. The lowest BCUT2D eigenvalue weighted by Gasteiger charge is -1.97. The number of nitrogens with one attached hydrogen (secondary N) is 1. The highest BCUT2D eigenvalue weighted by atomic mass is 16.1. The Hall–Kier alpha value is -1.51. The van der Waals surface area contributed by atoms with Crippen molar-refractivity contribution in [1.82, 2.24) is 4.98 Å². The first-order chi connectivity index (χ1) is 5.75. The van der Waals surface area contributed by atoms with Gasteiger partial charge in [0, 0.05) is 11.6 Å². The van der Waals surface area contributed by atoms with Gasteiger partial charge in [-0.1, -0.05) is 17.6 Å². The van der Waals surface area contributed by atoms with Gasteiger partial charge in [-0.05, 0) is 17.5 Å². The molecule has 1 heterocycles. The van der Waals surface area contributed by atoms with E-state index in [1.165, 1.54) is 5.46 Å². The zero-order valence-corrected chi connectivity index (χ0v) is 6.79. The van der Waals surface area contributed by atoms with E-state index in [1.54, 1.807) is 6.07 Å². The van der Waals surface area contributed by atoms with Gasteiger partial charge in [0.05, 0.1) is 0 Å². The molecular formula is C9H8BNO. The fourth-order valence-corrected chi connectivity index (χ4v) is 1.27. The lowest BCUT2D eigenvalue weighted by atomic mass is 9.95. The zero-order valence-electron chi connectivity index (χ0n) is 6.79. The monoisotopic (exact) mass is 157 g/mol. The van der Waals surface area contributed by atoms with Crippen LogP contribution in [-0.2, 0) is 0 Å². The Labute approximate surface area is 70.6 Å². The van der Waals surface area contributed by atoms with Crippen LogP contribution in [0.3, 0.4) is 0 Å². The minimum absolute atomic E-state index is 0.0497. The smallest absolute Gasteiger partial charge is 0.248 e. The number of H-pyrrole nitrogens is 1. The number of hydrogen-bond donors (Lipinski definition) is 1. The normalized spacial score (nSPS) is 10.3. The largest absolute Gasteiger partial charge is 0.322 e. The Balaban J connectivity index is 2.87. The Kier molecular flexibility index (Phi) is 1.50. The molecule has 0 radical (unpaired) electrons. The highest BCUT2D eigenvalue weighted by Crippen LogP contribution is 2.04. The number of aromatic amines is 1. The summed E-state index contributed by atoms with van der Waals surface area (Å²) in [5.74, 6) is 0. The van der Waals surface area contributed by atoms with Crippen molar-refractivity contribution in [3.8, 4) is 0 Å². The molecule has 58 valence electrons. The van der Waals surface area contributed by atoms with Crippen molar-refractivity contribution in [2.45, 2.75) is 0 Å². The molecule has 1 aromatic carbocycles. The van der Waals surface area contributed by atoms with E-state index >= 15 is 0 Å². The van der Waals surface area contributed by atoms with Crippen molar-refractivity contribution >= 4 is 24.2 Å². The van der Waals surface area contributed by atoms with Crippen molar-refractivity contribution in [1.29, 1.82) is 0 Å². The molecule has 0 unspecified atom stereocenters. The van der Waals surface area contributed by atoms with E-state index in [4.69, 9.17) is 0 Å². The van der Waals surface area contributed by atoms with Gasteiger partial charge in [0.25, 0.3) is 0 Å². The van der Waals surface area contributed by atoms with E-state index in [0.717, 1.165) is 10.9 Å². The van der Waals surface area contributed by atoms with Crippen LogP contribution < -0.4 is 11.0 Å². The topological polar surface area (TPSA) is 32.9 Å². The molecule has 2 rings (SSSR count). The third kappa shape index (κ3) is 1.14. The molecule has 0 aliphatic heterocycles. The van der Waals surface area contributed by atoms with E-state index in [1.807, 2.05) is 32.1 Å². The van der Waals surface area contributed by atoms with E-state index in [0.29, 0.717) is 0 Å². The third-order valence-corrected chi connectivity index (χ3v) is 1.88. The summed E-state index contributed by atoms with van der Waals surface area (Å²) in [4.78, 5) is 13.7. The van der Waals surface area contributed by atoms with Crippen LogP contribution in [-0.4, -0.2) is 12.8 Å². The zero-order chi connectivity index (χ0) is 8.55. The second kappa shape index (κ2) is 2.52. The first-order valence-corrected chi connectivity index (χ1v) is 3.85. The van der Waals surface area contributed by atoms with Gasteiger partial charge in [-0.15, -0.1) is 0 Å². The maximum absolute atomic E-state index is 10.9. The van der Waals surface area contributed by atoms with Crippen LogP contribution in [0.1, 0.15) is 0 Å². The molecule has 0 aliphatic carbocycles. The van der Waals surface area contributed by atoms with Gasteiger partial charge < -0.3 is 4.98 Å². The molecular weight excluding hydrogens is 149 g/mol. The number of fused-ring (bicyclic) bond motifs is 1. The lowest BCUT2D eigenvalue weighted by molar-refractivity contribution is 1.31. The molecule has 0 saturated carbocycles. The fraction of sp³-hybridized carbons (Fsp3) is 0. The molecule has 12 heavy (non-hydrogen) atoms. The number of pyridine rings is 1. The molecule has 0 saturated heterocycles. The molecule has 2 aromatic rings. The lowest BCUT2D eigenvalue weighted by Crippen LogP contribution is -2.05. The number of rotatable bonds is 0. The van der Waals surface area contributed by atoms with Crippen molar-refractivity contribution in [3.63, 3.8) is 0 Å². The maximum Gasteiger partial charge on any atom is 0.248 e. The SMILES string of the molecule is Bc1ccc2[nH]c(=O)ccc2c1. The van der Waals surface area contributed by atoms with Crippen LogP contribution in [0, 0.1) is 0 Å². The molecule has 0 spiro atoms. The molecule has 0 fully saturated rings. The molecule has 1 aromatic heterocycles. The molecule has 1 N–H and O–H groups in total. The van der Waals surface area contributed by atoms with E-state index in [9.17, 15) is 4.79 Å². The van der Waals surface area contributed by atoms with Crippen molar-refractivity contribution in [2.24, 2.45) is 0 Å². The minimum Gasteiger partial charge on any atom is -0.322 e. The summed E-state index contributed by atoms with van der Waals surface area (Å²) >= 11 is 0. The summed E-state index contributed by atoms with van der Waals surface area (Å²) in [6, 6.07) is 9.33. The minimum atomic E-state index is -0.0497. The predicted octanol–water partition coefficient (Wildman–Crippen LogP) is -0.214.